The van der Waals surface area contributed by atoms with Crippen LogP contribution in [0.5, 0.6) is 0 Å². The van der Waals surface area contributed by atoms with Gasteiger partial charge in [0.2, 0.25) is 0 Å². The van der Waals surface area contributed by atoms with Crippen molar-refractivity contribution in [3.63, 3.8) is 0 Å². The monoisotopic (exact) mass is 439 g/mol. The van der Waals surface area contributed by atoms with Gasteiger partial charge in [0.1, 0.15) is 5.65 Å². The molecule has 3 rings (SSSR count). The Morgan fingerprint density at radius 3 is 2.54 bits per heavy atom. The molecule has 1 aromatic carbocycles. The molecule has 1 atom stereocenters. The van der Waals surface area contributed by atoms with Crippen LogP contribution >= 0.6 is 28.1 Å². The van der Waals surface area contributed by atoms with E-state index in [0.29, 0.717) is 17.7 Å². The molecule has 3 aromatic rings. The molecule has 0 saturated heterocycles. The second-order valence-corrected chi connectivity index (χ2v) is 7.29. The summed E-state index contributed by atoms with van der Waals surface area (Å²) >= 11 is 8.62. The lowest BCUT2D eigenvalue weighted by atomic mass is 10.1. The maximum absolute atomic E-state index is 13.7. The molecular weight excluding hydrogens is 424 g/mol. The van der Waals surface area contributed by atoms with Crippen LogP contribution in [0.15, 0.2) is 39.6 Å². The topological polar surface area (TPSA) is 50.7 Å². The number of aromatic nitrogens is 3. The molecule has 2 aromatic heterocycles. The number of nitrogens with zero attached hydrogens (tertiary/aromatic N) is 2. The average Bonchev–Trinajstić information content (AvgIpc) is 2.60. The Labute approximate surface area is 162 Å². The summed E-state index contributed by atoms with van der Waals surface area (Å²) in [5.41, 5.74) is 0.246. The number of hydrogen-bond donors (Lipinski definition) is 1. The van der Waals surface area contributed by atoms with Gasteiger partial charge in [0, 0.05) is 21.6 Å². The average molecular weight is 440 g/mol. The summed E-state index contributed by atoms with van der Waals surface area (Å²) in [7, 11) is 0. The molecule has 0 fully saturated rings. The molecule has 0 aliphatic heterocycles. The quantitative estimate of drug-likeness (QED) is 0.523. The molecule has 2 heterocycles. The number of rotatable bonds is 4. The minimum atomic E-state index is -2.81. The van der Waals surface area contributed by atoms with Crippen LogP contribution in [0.1, 0.15) is 38.3 Å². The fraction of sp³-hybridized carbons (Fsp3) is 0.278. The zero-order chi connectivity index (χ0) is 19.0. The largest absolute Gasteiger partial charge is 0.300 e. The second kappa shape index (κ2) is 7.36. The van der Waals surface area contributed by atoms with Gasteiger partial charge in [-0.15, -0.1) is 0 Å². The standard InChI is InChI=1S/C18H16BrF2N3OS/c1-3-9(2)24-16-14(17(25)23-18(24)26)12(15(20)21)8-13(22-16)10-4-6-11(19)7-5-10/h4-9,15H,3H2,1-2H3,(H,23,25,26)/t9-/m1/s1. The van der Waals surface area contributed by atoms with E-state index < -0.39 is 12.0 Å². The third kappa shape index (κ3) is 3.35. The lowest BCUT2D eigenvalue weighted by Crippen LogP contribution is -2.19. The highest BCUT2D eigenvalue weighted by atomic mass is 79.9. The summed E-state index contributed by atoms with van der Waals surface area (Å²) in [6.07, 6.45) is -2.10. The number of alkyl halides is 2. The third-order valence-corrected chi connectivity index (χ3v) is 5.16. The minimum absolute atomic E-state index is 0.0972. The van der Waals surface area contributed by atoms with Crippen LogP contribution in [0.25, 0.3) is 22.3 Å². The lowest BCUT2D eigenvalue weighted by Gasteiger charge is -2.18. The highest BCUT2D eigenvalue weighted by Gasteiger charge is 2.21. The van der Waals surface area contributed by atoms with Gasteiger partial charge in [-0.25, -0.2) is 13.8 Å². The van der Waals surface area contributed by atoms with E-state index in [1.165, 1.54) is 6.07 Å². The Morgan fingerprint density at radius 1 is 1.31 bits per heavy atom. The van der Waals surface area contributed by atoms with E-state index in [9.17, 15) is 13.6 Å². The molecule has 0 saturated carbocycles. The summed E-state index contributed by atoms with van der Waals surface area (Å²) in [5.74, 6) is 0. The first-order chi connectivity index (χ1) is 12.3. The van der Waals surface area contributed by atoms with E-state index in [4.69, 9.17) is 12.2 Å². The van der Waals surface area contributed by atoms with E-state index in [0.717, 1.165) is 4.47 Å². The van der Waals surface area contributed by atoms with Crippen LogP contribution in [-0.4, -0.2) is 14.5 Å². The summed E-state index contributed by atoms with van der Waals surface area (Å²) in [6.45, 7) is 3.86. The SMILES string of the molecule is CC[C@@H](C)n1c(=S)[nH]c(=O)c2c(C(F)F)cc(-c3ccc(Br)cc3)nc21. The van der Waals surface area contributed by atoms with Crippen molar-refractivity contribution in [3.05, 3.63) is 55.5 Å². The molecule has 0 spiro atoms. The van der Waals surface area contributed by atoms with Gasteiger partial charge < -0.3 is 0 Å². The fourth-order valence-electron chi connectivity index (χ4n) is 2.81. The van der Waals surface area contributed by atoms with Crippen LogP contribution in [-0.2, 0) is 0 Å². The molecular formula is C18H16BrF2N3OS. The number of pyridine rings is 1. The van der Waals surface area contributed by atoms with E-state index in [-0.39, 0.29) is 27.4 Å². The number of nitrogens with one attached hydrogen (secondary N) is 1. The van der Waals surface area contributed by atoms with Crippen molar-refractivity contribution in [2.45, 2.75) is 32.7 Å². The van der Waals surface area contributed by atoms with Crippen molar-refractivity contribution in [3.8, 4) is 11.3 Å². The van der Waals surface area contributed by atoms with Gasteiger partial charge in [-0.2, -0.15) is 0 Å². The Balaban J connectivity index is 2.45. The molecule has 0 aliphatic rings. The summed E-state index contributed by atoms with van der Waals surface area (Å²) < 4.78 is 30.1. The summed E-state index contributed by atoms with van der Waals surface area (Å²) in [6, 6.07) is 8.35. The number of aromatic amines is 1. The first-order valence-electron chi connectivity index (χ1n) is 8.07. The Kier molecular flexibility index (Phi) is 5.34. The van der Waals surface area contributed by atoms with Crippen LogP contribution in [0.3, 0.4) is 0 Å². The van der Waals surface area contributed by atoms with Crippen molar-refractivity contribution in [1.82, 2.24) is 14.5 Å². The molecule has 0 aliphatic carbocycles. The van der Waals surface area contributed by atoms with Gasteiger partial charge in [-0.3, -0.25) is 14.3 Å². The minimum Gasteiger partial charge on any atom is -0.300 e. The molecule has 0 unspecified atom stereocenters. The van der Waals surface area contributed by atoms with Gasteiger partial charge in [-0.1, -0.05) is 35.0 Å². The van der Waals surface area contributed by atoms with Crippen molar-refractivity contribution >= 4 is 39.2 Å². The van der Waals surface area contributed by atoms with Crippen molar-refractivity contribution in [2.75, 3.05) is 0 Å². The van der Waals surface area contributed by atoms with Crippen LogP contribution in [0, 0.1) is 4.77 Å². The normalized spacial score (nSPS) is 12.7. The maximum Gasteiger partial charge on any atom is 0.264 e. The fourth-order valence-corrected chi connectivity index (χ4v) is 3.43. The molecule has 0 bridgehead atoms. The highest BCUT2D eigenvalue weighted by Crippen LogP contribution is 2.31. The molecule has 4 nitrogen and oxygen atoms in total. The first kappa shape index (κ1) is 18.8. The van der Waals surface area contributed by atoms with Gasteiger partial charge in [0.05, 0.1) is 11.1 Å². The van der Waals surface area contributed by atoms with E-state index in [1.54, 1.807) is 16.7 Å². The Bertz CT molecular complexity index is 1080. The van der Waals surface area contributed by atoms with Gasteiger partial charge in [0.25, 0.3) is 12.0 Å². The third-order valence-electron chi connectivity index (χ3n) is 4.33. The Hall–Kier alpha value is -1.93. The summed E-state index contributed by atoms with van der Waals surface area (Å²) in [4.78, 5) is 19.4. The van der Waals surface area contributed by atoms with Crippen molar-refractivity contribution in [1.29, 1.82) is 0 Å². The lowest BCUT2D eigenvalue weighted by molar-refractivity contribution is 0.153. The van der Waals surface area contributed by atoms with Gasteiger partial charge in [-0.05, 0) is 43.8 Å². The van der Waals surface area contributed by atoms with Gasteiger partial charge in [0.15, 0.2) is 4.77 Å². The molecule has 136 valence electrons. The smallest absolute Gasteiger partial charge is 0.264 e. The second-order valence-electron chi connectivity index (χ2n) is 5.99. The van der Waals surface area contributed by atoms with Crippen molar-refractivity contribution in [2.24, 2.45) is 0 Å². The zero-order valence-electron chi connectivity index (χ0n) is 14.1. The van der Waals surface area contributed by atoms with E-state index >= 15 is 0 Å². The molecule has 26 heavy (non-hydrogen) atoms. The van der Waals surface area contributed by atoms with E-state index in [1.807, 2.05) is 26.0 Å². The van der Waals surface area contributed by atoms with Crippen LogP contribution < -0.4 is 5.56 Å². The number of fused-ring (bicyclic) bond motifs is 1. The number of halogens is 3. The predicted octanol–water partition coefficient (Wildman–Crippen LogP) is 5.79. The molecule has 0 amide bonds. The zero-order valence-corrected chi connectivity index (χ0v) is 16.5. The van der Waals surface area contributed by atoms with E-state index in [2.05, 4.69) is 25.9 Å². The Morgan fingerprint density at radius 2 is 1.96 bits per heavy atom. The highest BCUT2D eigenvalue weighted by molar-refractivity contribution is 9.10. The molecule has 1 N–H and O–H groups in total. The van der Waals surface area contributed by atoms with Crippen LogP contribution in [0.4, 0.5) is 8.78 Å². The number of hydrogen-bond acceptors (Lipinski definition) is 3. The van der Waals surface area contributed by atoms with Gasteiger partial charge >= 0.3 is 0 Å². The predicted molar refractivity (Wildman–Crippen MR) is 104 cm³/mol. The van der Waals surface area contributed by atoms with Crippen molar-refractivity contribution < 1.29 is 8.78 Å². The first-order valence-corrected chi connectivity index (χ1v) is 9.27. The summed E-state index contributed by atoms with van der Waals surface area (Å²) in [5, 5.41) is -0.116. The maximum atomic E-state index is 13.7. The number of benzene rings is 1. The molecule has 0 radical (unpaired) electrons. The number of H-pyrrole nitrogens is 1. The van der Waals surface area contributed by atoms with Crippen LogP contribution in [0.2, 0.25) is 0 Å². The molecule has 8 heteroatoms.